The Kier molecular flexibility index (Phi) is 5.52. The second-order valence-corrected chi connectivity index (χ2v) is 7.11. The zero-order chi connectivity index (χ0) is 17.9. The number of hydrogen-bond donors (Lipinski definition) is 0. The Balaban J connectivity index is 1.99. The first-order valence-electron chi connectivity index (χ1n) is 9.24. The summed E-state index contributed by atoms with van der Waals surface area (Å²) in [6.45, 7) is 5.04. The number of rotatable bonds is 5. The summed E-state index contributed by atoms with van der Waals surface area (Å²) in [4.78, 5) is 14.7. The Morgan fingerprint density at radius 3 is 2.52 bits per heavy atom. The summed E-state index contributed by atoms with van der Waals surface area (Å²) in [5.41, 5.74) is 2.44. The van der Waals surface area contributed by atoms with Gasteiger partial charge in [0.1, 0.15) is 0 Å². The molecule has 0 saturated carbocycles. The molecule has 0 aliphatic carbocycles. The van der Waals surface area contributed by atoms with Gasteiger partial charge in [-0.05, 0) is 42.5 Å². The summed E-state index contributed by atoms with van der Waals surface area (Å²) in [5.74, 6) is 1.75. The molecule has 1 fully saturated rings. The normalized spacial score (nSPS) is 18.8. The van der Waals surface area contributed by atoms with E-state index >= 15 is 0 Å². The van der Waals surface area contributed by atoms with E-state index in [9.17, 15) is 4.79 Å². The van der Waals surface area contributed by atoms with Crippen molar-refractivity contribution in [3.8, 4) is 11.5 Å². The van der Waals surface area contributed by atoms with Crippen LogP contribution in [-0.4, -0.2) is 44.8 Å². The van der Waals surface area contributed by atoms with Crippen LogP contribution in [0.3, 0.4) is 0 Å². The molecule has 0 bridgehead atoms. The molecule has 1 amide bonds. The zero-order valence-corrected chi connectivity index (χ0v) is 15.6. The number of fused-ring (bicyclic) bond motifs is 2. The van der Waals surface area contributed by atoms with Crippen LogP contribution in [0.15, 0.2) is 12.1 Å². The Bertz CT molecular complexity index is 622. The molecule has 1 saturated heterocycles. The number of hydrogen-bond acceptors (Lipinski definition) is 4. The molecule has 2 heterocycles. The van der Waals surface area contributed by atoms with Crippen LogP contribution in [0.4, 0.5) is 0 Å². The predicted octanol–water partition coefficient (Wildman–Crippen LogP) is 3.28. The lowest BCUT2D eigenvalue weighted by Gasteiger charge is -2.46. The Hall–Kier alpha value is -1.75. The number of carbonyl (C=O) groups is 1. The molecule has 2 aliphatic rings. The van der Waals surface area contributed by atoms with Crippen LogP contribution in [-0.2, 0) is 21.5 Å². The van der Waals surface area contributed by atoms with Crippen molar-refractivity contribution in [2.24, 2.45) is 0 Å². The molecule has 0 unspecified atom stereocenters. The number of carbonyl (C=O) groups excluding carboxylic acids is 1. The molecule has 25 heavy (non-hydrogen) atoms. The first kappa shape index (κ1) is 18.1. The molecular formula is C20H29NO4. The summed E-state index contributed by atoms with van der Waals surface area (Å²) >= 11 is 0. The fraction of sp³-hybridized carbons (Fsp3) is 0.650. The molecule has 2 aliphatic heterocycles. The van der Waals surface area contributed by atoms with E-state index in [0.29, 0.717) is 13.0 Å². The van der Waals surface area contributed by atoms with Gasteiger partial charge < -0.3 is 19.1 Å². The number of nitrogens with zero attached hydrogens (tertiary/aromatic N) is 1. The number of benzene rings is 1. The predicted molar refractivity (Wildman–Crippen MR) is 96.2 cm³/mol. The van der Waals surface area contributed by atoms with Crippen molar-refractivity contribution in [1.29, 1.82) is 0 Å². The SMILES string of the molecule is CCCCC(=O)N1Cc2cc(OC)c(OC)cc2C2(CCOCC2)C1. The minimum Gasteiger partial charge on any atom is -0.493 e. The van der Waals surface area contributed by atoms with Gasteiger partial charge >= 0.3 is 0 Å². The van der Waals surface area contributed by atoms with Crippen LogP contribution in [0.1, 0.15) is 50.2 Å². The van der Waals surface area contributed by atoms with Crippen LogP contribution in [0.2, 0.25) is 0 Å². The Morgan fingerprint density at radius 2 is 1.88 bits per heavy atom. The van der Waals surface area contributed by atoms with Gasteiger partial charge in [-0.2, -0.15) is 0 Å². The summed E-state index contributed by atoms with van der Waals surface area (Å²) in [6.07, 6.45) is 4.50. The fourth-order valence-electron chi connectivity index (χ4n) is 4.11. The lowest BCUT2D eigenvalue weighted by atomic mass is 9.69. The molecule has 1 aromatic carbocycles. The quantitative estimate of drug-likeness (QED) is 0.820. The highest BCUT2D eigenvalue weighted by Crippen LogP contribution is 2.45. The number of methoxy groups -OCH3 is 2. The van der Waals surface area contributed by atoms with Crippen LogP contribution >= 0.6 is 0 Å². The van der Waals surface area contributed by atoms with Gasteiger partial charge in [-0.1, -0.05) is 13.3 Å². The zero-order valence-electron chi connectivity index (χ0n) is 15.6. The van der Waals surface area contributed by atoms with Gasteiger partial charge in [0, 0.05) is 38.1 Å². The highest BCUT2D eigenvalue weighted by molar-refractivity contribution is 5.77. The third-order valence-corrected chi connectivity index (χ3v) is 5.58. The summed E-state index contributed by atoms with van der Waals surface area (Å²) in [5, 5.41) is 0. The summed E-state index contributed by atoms with van der Waals surface area (Å²) < 4.78 is 16.6. The lowest BCUT2D eigenvalue weighted by molar-refractivity contribution is -0.134. The van der Waals surface area contributed by atoms with Crippen molar-refractivity contribution in [1.82, 2.24) is 4.90 Å². The van der Waals surface area contributed by atoms with Gasteiger partial charge in [-0.3, -0.25) is 4.79 Å². The smallest absolute Gasteiger partial charge is 0.222 e. The molecule has 138 valence electrons. The number of unbranched alkanes of at least 4 members (excludes halogenated alkanes) is 1. The molecule has 5 nitrogen and oxygen atoms in total. The molecule has 0 aromatic heterocycles. The average Bonchev–Trinajstić information content (AvgIpc) is 2.65. The molecular weight excluding hydrogens is 318 g/mol. The molecule has 0 N–H and O–H groups in total. The van der Waals surface area contributed by atoms with Crippen molar-refractivity contribution in [3.05, 3.63) is 23.3 Å². The minimum atomic E-state index is -0.0345. The lowest BCUT2D eigenvalue weighted by Crippen LogP contribution is -2.50. The van der Waals surface area contributed by atoms with Crippen LogP contribution in [0.25, 0.3) is 0 Å². The van der Waals surface area contributed by atoms with Crippen LogP contribution in [0.5, 0.6) is 11.5 Å². The van der Waals surface area contributed by atoms with Crippen molar-refractivity contribution in [2.45, 2.75) is 51.0 Å². The van der Waals surface area contributed by atoms with Gasteiger partial charge in [0.2, 0.25) is 5.91 Å². The van der Waals surface area contributed by atoms with Crippen molar-refractivity contribution >= 4 is 5.91 Å². The van der Waals surface area contributed by atoms with E-state index in [1.54, 1.807) is 14.2 Å². The first-order chi connectivity index (χ1) is 12.1. The Labute approximate surface area is 150 Å². The number of ether oxygens (including phenoxy) is 3. The van der Waals surface area contributed by atoms with E-state index in [1.165, 1.54) is 11.1 Å². The van der Waals surface area contributed by atoms with E-state index in [4.69, 9.17) is 14.2 Å². The van der Waals surface area contributed by atoms with Gasteiger partial charge in [-0.15, -0.1) is 0 Å². The van der Waals surface area contributed by atoms with E-state index in [1.807, 2.05) is 11.0 Å². The van der Waals surface area contributed by atoms with E-state index < -0.39 is 0 Å². The molecule has 1 aromatic rings. The topological polar surface area (TPSA) is 48.0 Å². The maximum absolute atomic E-state index is 12.7. The van der Waals surface area contributed by atoms with Gasteiger partial charge in [0.05, 0.1) is 14.2 Å². The third-order valence-electron chi connectivity index (χ3n) is 5.58. The summed E-state index contributed by atoms with van der Waals surface area (Å²) in [7, 11) is 3.33. The van der Waals surface area contributed by atoms with Crippen molar-refractivity contribution in [2.75, 3.05) is 34.0 Å². The van der Waals surface area contributed by atoms with E-state index in [-0.39, 0.29) is 11.3 Å². The highest BCUT2D eigenvalue weighted by atomic mass is 16.5. The van der Waals surface area contributed by atoms with E-state index in [0.717, 1.165) is 56.9 Å². The molecule has 5 heteroatoms. The van der Waals surface area contributed by atoms with Crippen molar-refractivity contribution < 1.29 is 19.0 Å². The standard InChI is InChI=1S/C20H29NO4/c1-4-5-6-19(22)21-13-15-11-17(23-2)18(24-3)12-16(15)20(14-21)7-9-25-10-8-20/h11-12H,4-10,13-14H2,1-3H3. The monoisotopic (exact) mass is 347 g/mol. The van der Waals surface area contributed by atoms with Gasteiger partial charge in [-0.25, -0.2) is 0 Å². The van der Waals surface area contributed by atoms with Crippen molar-refractivity contribution in [3.63, 3.8) is 0 Å². The number of amides is 1. The van der Waals surface area contributed by atoms with Gasteiger partial charge in [0.25, 0.3) is 0 Å². The molecule has 3 rings (SSSR count). The summed E-state index contributed by atoms with van der Waals surface area (Å²) in [6, 6.07) is 4.16. The fourth-order valence-corrected chi connectivity index (χ4v) is 4.11. The second-order valence-electron chi connectivity index (χ2n) is 7.11. The second kappa shape index (κ2) is 7.65. The van der Waals surface area contributed by atoms with Gasteiger partial charge in [0.15, 0.2) is 11.5 Å². The minimum absolute atomic E-state index is 0.0345. The Morgan fingerprint density at radius 1 is 1.20 bits per heavy atom. The molecule has 0 radical (unpaired) electrons. The maximum atomic E-state index is 12.7. The highest BCUT2D eigenvalue weighted by Gasteiger charge is 2.42. The van der Waals surface area contributed by atoms with Crippen LogP contribution < -0.4 is 9.47 Å². The van der Waals surface area contributed by atoms with E-state index in [2.05, 4.69) is 13.0 Å². The molecule has 1 spiro atoms. The van der Waals surface area contributed by atoms with Crippen LogP contribution in [0, 0.1) is 0 Å². The third kappa shape index (κ3) is 3.47. The maximum Gasteiger partial charge on any atom is 0.222 e. The molecule has 0 atom stereocenters. The average molecular weight is 347 g/mol. The largest absolute Gasteiger partial charge is 0.493 e. The first-order valence-corrected chi connectivity index (χ1v) is 9.24.